The number of esters is 1. The molecule has 9 heteroatoms. The first-order valence-electron chi connectivity index (χ1n) is 9.00. The summed E-state index contributed by atoms with van der Waals surface area (Å²) in [6.45, 7) is 1.81. The molecule has 156 valence electrons. The molecule has 1 N–H and O–H groups in total. The molecule has 3 aromatic carbocycles. The van der Waals surface area contributed by atoms with Gasteiger partial charge in [-0.05, 0) is 42.8 Å². The summed E-state index contributed by atoms with van der Waals surface area (Å²) in [5.74, 6) is -0.881. The van der Waals surface area contributed by atoms with Crippen molar-refractivity contribution >= 4 is 39.7 Å². The molecule has 0 radical (unpaired) electrons. The second-order valence-corrected chi connectivity index (χ2v) is 7.31. The molecule has 0 aromatic heterocycles. The van der Waals surface area contributed by atoms with Crippen LogP contribution in [-0.4, -0.2) is 23.0 Å². The van der Waals surface area contributed by atoms with E-state index in [9.17, 15) is 19.7 Å². The molecule has 0 atom stereocenters. The predicted molar refractivity (Wildman–Crippen MR) is 118 cm³/mol. The molecule has 3 rings (SSSR count). The summed E-state index contributed by atoms with van der Waals surface area (Å²) < 4.78 is 6.23. The number of amides is 1. The van der Waals surface area contributed by atoms with E-state index in [1.807, 2.05) is 19.1 Å². The molecule has 0 aliphatic heterocycles. The Hall–Kier alpha value is -3.85. The highest BCUT2D eigenvalue weighted by molar-refractivity contribution is 9.10. The van der Waals surface area contributed by atoms with E-state index in [0.29, 0.717) is 11.1 Å². The normalized spacial score (nSPS) is 10.6. The zero-order valence-electron chi connectivity index (χ0n) is 16.2. The summed E-state index contributed by atoms with van der Waals surface area (Å²) in [6.07, 6.45) is 1.32. The number of hydrogen-bond donors (Lipinski definition) is 1. The molecule has 3 aromatic rings. The molecule has 1 amide bonds. The number of carbonyl (C=O) groups excluding carboxylic acids is 2. The lowest BCUT2D eigenvalue weighted by atomic mass is 10.1. The number of nitrogens with one attached hydrogen (secondary N) is 1. The molecular weight excluding hydrogens is 466 g/mol. The Labute approximate surface area is 185 Å². The van der Waals surface area contributed by atoms with Crippen molar-refractivity contribution in [3.63, 3.8) is 0 Å². The lowest BCUT2D eigenvalue weighted by Crippen LogP contribution is -2.18. The second kappa shape index (κ2) is 9.77. The van der Waals surface area contributed by atoms with Crippen LogP contribution in [0.25, 0.3) is 0 Å². The lowest BCUT2D eigenvalue weighted by molar-refractivity contribution is -0.384. The fraction of sp³-hybridized carbons (Fsp3) is 0.0455. The molecule has 0 aliphatic carbocycles. The summed E-state index contributed by atoms with van der Waals surface area (Å²) in [5.41, 5.74) is 3.86. The number of ether oxygens (including phenoxy) is 1. The zero-order chi connectivity index (χ0) is 22.4. The Morgan fingerprint density at radius 1 is 1.10 bits per heavy atom. The van der Waals surface area contributed by atoms with Crippen molar-refractivity contribution < 1.29 is 19.2 Å². The summed E-state index contributed by atoms with van der Waals surface area (Å²) in [7, 11) is 0. The van der Waals surface area contributed by atoms with Crippen LogP contribution in [0.4, 0.5) is 5.69 Å². The van der Waals surface area contributed by atoms with Crippen LogP contribution in [0.2, 0.25) is 0 Å². The average molecular weight is 482 g/mol. The smallest absolute Gasteiger partial charge is 0.343 e. The minimum absolute atomic E-state index is 0.0896. The second-order valence-electron chi connectivity index (χ2n) is 6.39. The topological polar surface area (TPSA) is 111 Å². The third-order valence-electron chi connectivity index (χ3n) is 4.23. The van der Waals surface area contributed by atoms with Crippen LogP contribution in [0, 0.1) is 17.0 Å². The van der Waals surface area contributed by atoms with Crippen LogP contribution in [0.3, 0.4) is 0 Å². The van der Waals surface area contributed by atoms with Gasteiger partial charge in [-0.25, -0.2) is 10.2 Å². The van der Waals surface area contributed by atoms with Gasteiger partial charge < -0.3 is 4.74 Å². The standard InChI is InChI=1S/C22H16BrN3O5/c1-14-5-2-3-8-19(14)22(28)31-20-10-9-17(23)11-16(20)13-24-25-21(27)15-6-4-7-18(12-15)26(29)30/h2-13H,1H3,(H,25,27). The van der Waals surface area contributed by atoms with E-state index >= 15 is 0 Å². The number of nitro groups is 1. The van der Waals surface area contributed by atoms with Gasteiger partial charge in [-0.3, -0.25) is 14.9 Å². The molecule has 0 unspecified atom stereocenters. The Morgan fingerprint density at radius 3 is 2.61 bits per heavy atom. The highest BCUT2D eigenvalue weighted by Gasteiger charge is 2.14. The number of hydrazone groups is 1. The minimum atomic E-state index is -0.617. The van der Waals surface area contributed by atoms with Crippen LogP contribution in [-0.2, 0) is 0 Å². The van der Waals surface area contributed by atoms with Crippen molar-refractivity contribution in [2.45, 2.75) is 6.92 Å². The first-order chi connectivity index (χ1) is 14.8. The van der Waals surface area contributed by atoms with E-state index in [0.717, 1.165) is 16.1 Å². The van der Waals surface area contributed by atoms with Crippen LogP contribution >= 0.6 is 15.9 Å². The number of nitrogens with zero attached hydrogens (tertiary/aromatic N) is 2. The van der Waals surface area contributed by atoms with Gasteiger partial charge >= 0.3 is 5.97 Å². The van der Waals surface area contributed by atoms with E-state index in [-0.39, 0.29) is 17.0 Å². The molecule has 0 saturated heterocycles. The van der Waals surface area contributed by atoms with Crippen molar-refractivity contribution in [1.29, 1.82) is 0 Å². The van der Waals surface area contributed by atoms with Gasteiger partial charge in [0, 0.05) is 27.7 Å². The largest absolute Gasteiger partial charge is 0.422 e. The van der Waals surface area contributed by atoms with Gasteiger partial charge in [-0.15, -0.1) is 0 Å². The van der Waals surface area contributed by atoms with Gasteiger partial charge in [0.15, 0.2) is 0 Å². The highest BCUT2D eigenvalue weighted by Crippen LogP contribution is 2.23. The Bertz CT molecular complexity index is 1190. The number of aryl methyl sites for hydroxylation is 1. The van der Waals surface area contributed by atoms with Gasteiger partial charge in [0.2, 0.25) is 0 Å². The lowest BCUT2D eigenvalue weighted by Gasteiger charge is -2.09. The fourth-order valence-corrected chi connectivity index (χ4v) is 3.03. The van der Waals surface area contributed by atoms with Gasteiger partial charge in [0.1, 0.15) is 5.75 Å². The van der Waals surface area contributed by atoms with Crippen LogP contribution in [0.15, 0.2) is 76.3 Å². The predicted octanol–water partition coefficient (Wildman–Crippen LogP) is 4.65. The van der Waals surface area contributed by atoms with Gasteiger partial charge in [-0.1, -0.05) is 40.2 Å². The fourth-order valence-electron chi connectivity index (χ4n) is 2.66. The maximum Gasteiger partial charge on any atom is 0.343 e. The number of hydrogen-bond acceptors (Lipinski definition) is 6. The van der Waals surface area contributed by atoms with Crippen LogP contribution in [0.1, 0.15) is 31.8 Å². The highest BCUT2D eigenvalue weighted by atomic mass is 79.9. The summed E-state index contributed by atoms with van der Waals surface area (Å²) in [5, 5.41) is 14.7. The molecule has 0 spiro atoms. The summed E-state index contributed by atoms with van der Waals surface area (Å²) in [4.78, 5) is 35.0. The molecular formula is C22H16BrN3O5. The first-order valence-corrected chi connectivity index (χ1v) is 9.79. The van der Waals surface area contributed by atoms with Crippen molar-refractivity contribution in [2.24, 2.45) is 5.10 Å². The monoisotopic (exact) mass is 481 g/mol. The number of non-ortho nitro benzene ring substituents is 1. The molecule has 31 heavy (non-hydrogen) atoms. The number of halogens is 1. The van der Waals surface area contributed by atoms with Crippen molar-refractivity contribution in [3.8, 4) is 5.75 Å². The quantitative estimate of drug-likeness (QED) is 0.181. The number of nitro benzene ring substituents is 1. The molecule has 8 nitrogen and oxygen atoms in total. The van der Waals surface area contributed by atoms with E-state index in [2.05, 4.69) is 26.5 Å². The van der Waals surface area contributed by atoms with Gasteiger partial charge in [0.05, 0.1) is 16.7 Å². The summed E-state index contributed by atoms with van der Waals surface area (Å²) in [6, 6.07) is 17.3. The molecule has 0 heterocycles. The molecule has 0 saturated carbocycles. The first kappa shape index (κ1) is 21.8. The number of rotatable bonds is 6. The van der Waals surface area contributed by atoms with Crippen LogP contribution in [0.5, 0.6) is 5.75 Å². The molecule has 0 aliphatic rings. The third-order valence-corrected chi connectivity index (χ3v) is 4.72. The maximum atomic E-state index is 12.5. The minimum Gasteiger partial charge on any atom is -0.422 e. The third kappa shape index (κ3) is 5.61. The zero-order valence-corrected chi connectivity index (χ0v) is 17.8. The Morgan fingerprint density at radius 2 is 1.87 bits per heavy atom. The van der Waals surface area contributed by atoms with Crippen LogP contribution < -0.4 is 10.2 Å². The van der Waals surface area contributed by atoms with E-state index in [1.54, 1.807) is 30.3 Å². The molecule has 0 fully saturated rings. The maximum absolute atomic E-state index is 12.5. The summed E-state index contributed by atoms with van der Waals surface area (Å²) >= 11 is 3.34. The van der Waals surface area contributed by atoms with E-state index < -0.39 is 16.8 Å². The SMILES string of the molecule is Cc1ccccc1C(=O)Oc1ccc(Br)cc1C=NNC(=O)c1cccc([N+](=O)[O-])c1. The molecule has 0 bridgehead atoms. The van der Waals surface area contributed by atoms with Crippen molar-refractivity contribution in [3.05, 3.63) is 104 Å². The van der Waals surface area contributed by atoms with Crippen molar-refractivity contribution in [1.82, 2.24) is 5.43 Å². The van der Waals surface area contributed by atoms with Crippen molar-refractivity contribution in [2.75, 3.05) is 0 Å². The number of benzene rings is 3. The van der Waals surface area contributed by atoms with Gasteiger partial charge in [-0.2, -0.15) is 5.10 Å². The van der Waals surface area contributed by atoms with E-state index in [4.69, 9.17) is 4.74 Å². The Kier molecular flexibility index (Phi) is 6.88. The average Bonchev–Trinajstić information content (AvgIpc) is 2.75. The van der Waals surface area contributed by atoms with Gasteiger partial charge in [0.25, 0.3) is 11.6 Å². The number of carbonyl (C=O) groups is 2. The van der Waals surface area contributed by atoms with E-state index in [1.165, 1.54) is 24.4 Å². The Balaban J connectivity index is 1.76.